The van der Waals surface area contributed by atoms with Gasteiger partial charge in [-0.15, -0.1) is 0 Å². The molecule has 122 valence electrons. The van der Waals surface area contributed by atoms with E-state index in [0.29, 0.717) is 25.4 Å². The van der Waals surface area contributed by atoms with E-state index in [1.54, 1.807) is 11.8 Å². The highest BCUT2D eigenvalue weighted by Gasteiger charge is 2.09. The van der Waals surface area contributed by atoms with Gasteiger partial charge < -0.3 is 10.2 Å². The van der Waals surface area contributed by atoms with Crippen molar-refractivity contribution >= 4 is 11.8 Å². The summed E-state index contributed by atoms with van der Waals surface area (Å²) in [6.45, 7) is 7.45. The molecule has 0 radical (unpaired) electrons. The number of rotatable bonds is 9. The number of carbonyl (C=O) groups excluding carboxylic acids is 2. The lowest BCUT2D eigenvalue weighted by molar-refractivity contribution is -0.129. The highest BCUT2D eigenvalue weighted by Crippen LogP contribution is 2.04. The van der Waals surface area contributed by atoms with Crippen LogP contribution in [0.2, 0.25) is 0 Å². The van der Waals surface area contributed by atoms with Crippen molar-refractivity contribution in [3.8, 4) is 0 Å². The first-order chi connectivity index (χ1) is 10.5. The molecule has 0 aromatic heterocycles. The predicted octanol–water partition coefficient (Wildman–Crippen LogP) is 2.63. The van der Waals surface area contributed by atoms with E-state index in [2.05, 4.69) is 17.4 Å². The third-order valence-corrected chi connectivity index (χ3v) is 3.48. The molecule has 1 rings (SSSR count). The lowest BCUT2D eigenvalue weighted by Crippen LogP contribution is -2.38. The molecule has 22 heavy (non-hydrogen) atoms. The zero-order valence-corrected chi connectivity index (χ0v) is 14.0. The molecule has 0 unspecified atom stereocenters. The van der Waals surface area contributed by atoms with Crippen molar-refractivity contribution in [3.63, 3.8) is 0 Å². The molecular weight excluding hydrogens is 276 g/mol. The van der Waals surface area contributed by atoms with Crippen LogP contribution < -0.4 is 5.32 Å². The van der Waals surface area contributed by atoms with Crippen LogP contribution >= 0.6 is 0 Å². The number of nitrogens with one attached hydrogen (secondary N) is 1. The van der Waals surface area contributed by atoms with E-state index in [-0.39, 0.29) is 11.8 Å². The summed E-state index contributed by atoms with van der Waals surface area (Å²) in [6.07, 6.45) is 2.43. The van der Waals surface area contributed by atoms with Gasteiger partial charge in [-0.1, -0.05) is 44.2 Å². The Labute approximate surface area is 133 Å². The van der Waals surface area contributed by atoms with Crippen LogP contribution in [0, 0.1) is 5.92 Å². The molecule has 4 nitrogen and oxygen atoms in total. The summed E-state index contributed by atoms with van der Waals surface area (Å²) in [5.74, 6) is 0.476. The molecule has 4 heteroatoms. The van der Waals surface area contributed by atoms with Gasteiger partial charge >= 0.3 is 0 Å². The summed E-state index contributed by atoms with van der Waals surface area (Å²) < 4.78 is 0. The zero-order valence-electron chi connectivity index (χ0n) is 14.0. The predicted molar refractivity (Wildman–Crippen MR) is 89.5 cm³/mol. The topological polar surface area (TPSA) is 49.4 Å². The molecule has 0 atom stereocenters. The van der Waals surface area contributed by atoms with Crippen LogP contribution in [0.1, 0.15) is 39.2 Å². The standard InChI is InChI=1S/C18H28N2O2/c1-15(2)14-18(22)19-11-13-20(16(3)21)12-7-10-17-8-5-4-6-9-17/h4-6,8-9,15H,7,10-14H2,1-3H3,(H,19,22). The van der Waals surface area contributed by atoms with Crippen molar-refractivity contribution in [1.82, 2.24) is 10.2 Å². The average Bonchev–Trinajstić information content (AvgIpc) is 2.45. The van der Waals surface area contributed by atoms with Gasteiger partial charge in [-0.05, 0) is 24.3 Å². The van der Waals surface area contributed by atoms with Gasteiger partial charge in [0.25, 0.3) is 0 Å². The molecule has 0 saturated carbocycles. The van der Waals surface area contributed by atoms with Gasteiger partial charge in [-0.2, -0.15) is 0 Å². The van der Waals surface area contributed by atoms with E-state index < -0.39 is 0 Å². The van der Waals surface area contributed by atoms with E-state index in [4.69, 9.17) is 0 Å². The van der Waals surface area contributed by atoms with Crippen LogP contribution in [-0.2, 0) is 16.0 Å². The molecule has 0 saturated heterocycles. The average molecular weight is 304 g/mol. The maximum Gasteiger partial charge on any atom is 0.220 e. The number of benzene rings is 1. The van der Waals surface area contributed by atoms with Crippen LogP contribution in [0.5, 0.6) is 0 Å². The number of nitrogens with zero attached hydrogens (tertiary/aromatic N) is 1. The van der Waals surface area contributed by atoms with Crippen LogP contribution in [0.4, 0.5) is 0 Å². The summed E-state index contributed by atoms with van der Waals surface area (Å²) in [5.41, 5.74) is 1.29. The highest BCUT2D eigenvalue weighted by molar-refractivity contribution is 5.76. The highest BCUT2D eigenvalue weighted by atomic mass is 16.2. The SMILES string of the molecule is CC(=O)N(CCCc1ccccc1)CCNC(=O)CC(C)C. The minimum atomic E-state index is 0.0581. The van der Waals surface area contributed by atoms with E-state index in [1.807, 2.05) is 32.0 Å². The Morgan fingerprint density at radius 3 is 2.41 bits per heavy atom. The summed E-state index contributed by atoms with van der Waals surface area (Å²) in [7, 11) is 0. The van der Waals surface area contributed by atoms with Gasteiger partial charge in [0.1, 0.15) is 0 Å². The lowest BCUT2D eigenvalue weighted by Gasteiger charge is -2.21. The molecule has 0 spiro atoms. The number of aryl methyl sites for hydroxylation is 1. The molecule has 0 fully saturated rings. The second kappa shape index (κ2) is 9.98. The van der Waals surface area contributed by atoms with Crippen molar-refractivity contribution < 1.29 is 9.59 Å². The largest absolute Gasteiger partial charge is 0.354 e. The van der Waals surface area contributed by atoms with Gasteiger partial charge in [-0.3, -0.25) is 9.59 Å². The van der Waals surface area contributed by atoms with E-state index >= 15 is 0 Å². The fraction of sp³-hybridized carbons (Fsp3) is 0.556. The fourth-order valence-electron chi connectivity index (χ4n) is 2.32. The molecular formula is C18H28N2O2. The first-order valence-corrected chi connectivity index (χ1v) is 8.05. The molecule has 0 aliphatic rings. The smallest absolute Gasteiger partial charge is 0.220 e. The first kappa shape index (κ1) is 18.2. The van der Waals surface area contributed by atoms with Gasteiger partial charge in [0.2, 0.25) is 11.8 Å². The van der Waals surface area contributed by atoms with Crippen molar-refractivity contribution in [2.75, 3.05) is 19.6 Å². The maximum absolute atomic E-state index is 11.7. The lowest BCUT2D eigenvalue weighted by atomic mass is 10.1. The second-order valence-electron chi connectivity index (χ2n) is 6.04. The summed E-state index contributed by atoms with van der Waals surface area (Å²) in [5, 5.41) is 2.87. The van der Waals surface area contributed by atoms with E-state index in [0.717, 1.165) is 19.4 Å². The van der Waals surface area contributed by atoms with E-state index in [9.17, 15) is 9.59 Å². The molecule has 0 aliphatic carbocycles. The van der Waals surface area contributed by atoms with Crippen LogP contribution in [0.15, 0.2) is 30.3 Å². The Bertz CT molecular complexity index is 457. The summed E-state index contributed by atoms with van der Waals surface area (Å²) in [4.78, 5) is 25.0. The minimum Gasteiger partial charge on any atom is -0.354 e. The molecule has 0 bridgehead atoms. The molecule has 0 aliphatic heterocycles. The monoisotopic (exact) mass is 304 g/mol. The Kier molecular flexibility index (Phi) is 8.26. The third-order valence-electron chi connectivity index (χ3n) is 3.48. The second-order valence-corrected chi connectivity index (χ2v) is 6.04. The summed E-state index contributed by atoms with van der Waals surface area (Å²) >= 11 is 0. The van der Waals surface area contributed by atoms with Crippen molar-refractivity contribution in [1.29, 1.82) is 0 Å². The number of hydrogen-bond acceptors (Lipinski definition) is 2. The molecule has 0 heterocycles. The fourth-order valence-corrected chi connectivity index (χ4v) is 2.32. The van der Waals surface area contributed by atoms with Gasteiger partial charge in [0.15, 0.2) is 0 Å². The Hall–Kier alpha value is -1.84. The normalized spacial score (nSPS) is 10.5. The maximum atomic E-state index is 11.7. The van der Waals surface area contributed by atoms with Gasteiger partial charge in [-0.25, -0.2) is 0 Å². The number of amides is 2. The third kappa shape index (κ3) is 7.81. The van der Waals surface area contributed by atoms with Gasteiger partial charge in [0.05, 0.1) is 0 Å². The molecule has 1 aromatic carbocycles. The quantitative estimate of drug-likeness (QED) is 0.762. The van der Waals surface area contributed by atoms with Crippen LogP contribution in [0.3, 0.4) is 0 Å². The Balaban J connectivity index is 2.27. The summed E-state index contributed by atoms with van der Waals surface area (Å²) in [6, 6.07) is 10.3. The van der Waals surface area contributed by atoms with Crippen molar-refractivity contribution in [3.05, 3.63) is 35.9 Å². The molecule has 1 N–H and O–H groups in total. The molecule has 1 aromatic rings. The minimum absolute atomic E-state index is 0.0581. The Morgan fingerprint density at radius 1 is 1.14 bits per heavy atom. The van der Waals surface area contributed by atoms with Crippen LogP contribution in [-0.4, -0.2) is 36.3 Å². The first-order valence-electron chi connectivity index (χ1n) is 8.05. The number of hydrogen-bond donors (Lipinski definition) is 1. The van der Waals surface area contributed by atoms with Gasteiger partial charge in [0, 0.05) is 33.0 Å². The number of carbonyl (C=O) groups is 2. The van der Waals surface area contributed by atoms with Crippen molar-refractivity contribution in [2.45, 2.75) is 40.0 Å². The van der Waals surface area contributed by atoms with Crippen molar-refractivity contribution in [2.24, 2.45) is 5.92 Å². The Morgan fingerprint density at radius 2 is 1.82 bits per heavy atom. The van der Waals surface area contributed by atoms with E-state index in [1.165, 1.54) is 5.56 Å². The zero-order chi connectivity index (χ0) is 16.4. The molecule has 2 amide bonds. The van der Waals surface area contributed by atoms with Crippen LogP contribution in [0.25, 0.3) is 0 Å².